The predicted octanol–water partition coefficient (Wildman–Crippen LogP) is 0.134. The Labute approximate surface area is 128 Å². The molecule has 1 aromatic rings. The minimum absolute atomic E-state index is 0.282. The molecule has 0 amide bonds. The third-order valence-corrected chi connectivity index (χ3v) is 3.64. The van der Waals surface area contributed by atoms with E-state index in [9.17, 15) is 13.0 Å². The van der Waals surface area contributed by atoms with Gasteiger partial charge < -0.3 is 18.8 Å². The van der Waals surface area contributed by atoms with E-state index in [2.05, 4.69) is 28.1 Å². The van der Waals surface area contributed by atoms with Crippen LogP contribution in [0.2, 0.25) is 0 Å². The van der Waals surface area contributed by atoms with Crippen LogP contribution < -0.4 is 14.2 Å². The monoisotopic (exact) mass is 331 g/mol. The molecule has 9 heteroatoms. The van der Waals surface area contributed by atoms with Crippen molar-refractivity contribution in [2.75, 3.05) is 34.6 Å². The molecule has 0 saturated heterocycles. The molecule has 22 heavy (non-hydrogen) atoms. The summed E-state index contributed by atoms with van der Waals surface area (Å²) >= 11 is 0. The molecule has 8 nitrogen and oxygen atoms in total. The first-order valence-corrected chi connectivity index (χ1v) is 7.75. The van der Waals surface area contributed by atoms with Crippen LogP contribution in [0.25, 0.3) is 0 Å². The second-order valence-corrected chi connectivity index (χ2v) is 5.80. The Morgan fingerprint density at radius 1 is 1.32 bits per heavy atom. The van der Waals surface area contributed by atoms with Crippen LogP contribution in [0, 0.1) is 0 Å². The van der Waals surface area contributed by atoms with Crippen LogP contribution in [0.4, 0.5) is 0 Å². The standard InChI is InChI=1S/C12H14NO3.CH4O4S/c1-13-4-3-8-5-10-12(16-7-15-10)11(14-2)9(8)6-13;1-5-6(2,3)4/h5-6H,3-4,7H2,1-2H3;1H3,(H,2,3,4)/q+1;/p-1. The molecule has 1 aromatic carbocycles. The van der Waals surface area contributed by atoms with Gasteiger partial charge in [0.2, 0.25) is 22.9 Å². The number of nitrogens with zero attached hydrogens (tertiary/aromatic N) is 1. The smallest absolute Gasteiger partial charge is 0.231 e. The molecule has 0 unspecified atom stereocenters. The summed E-state index contributed by atoms with van der Waals surface area (Å²) in [5.74, 6) is 2.32. The minimum atomic E-state index is -4.41. The van der Waals surface area contributed by atoms with Crippen LogP contribution in [-0.4, -0.2) is 58.4 Å². The second-order valence-electron chi connectivity index (χ2n) is 4.65. The highest BCUT2D eigenvalue weighted by molar-refractivity contribution is 7.80. The Balaban J connectivity index is 0.000000254. The van der Waals surface area contributed by atoms with Crippen molar-refractivity contribution < 1.29 is 35.9 Å². The highest BCUT2D eigenvalue weighted by atomic mass is 32.3. The highest BCUT2D eigenvalue weighted by Gasteiger charge is 2.27. The van der Waals surface area contributed by atoms with E-state index in [1.165, 1.54) is 5.56 Å². The number of likely N-dealkylation sites (N-methyl/N-ethyl adjacent to an activating group) is 1. The van der Waals surface area contributed by atoms with Crippen molar-refractivity contribution >= 4 is 16.6 Å². The van der Waals surface area contributed by atoms with Crippen molar-refractivity contribution in [3.05, 3.63) is 17.2 Å². The fourth-order valence-electron chi connectivity index (χ4n) is 2.21. The first-order valence-electron chi connectivity index (χ1n) is 6.41. The number of hydrogen-bond acceptors (Lipinski definition) is 7. The first kappa shape index (κ1) is 16.5. The quantitative estimate of drug-likeness (QED) is 0.432. The third-order valence-electron chi connectivity index (χ3n) is 3.24. The molecule has 2 aliphatic rings. The van der Waals surface area contributed by atoms with Gasteiger partial charge in [0.15, 0.2) is 17.7 Å². The van der Waals surface area contributed by atoms with Gasteiger partial charge in [-0.1, -0.05) is 0 Å². The molecule has 0 aliphatic carbocycles. The summed E-state index contributed by atoms with van der Waals surface area (Å²) < 4.78 is 49.5. The summed E-state index contributed by atoms with van der Waals surface area (Å²) in [5, 5.41) is 0. The first-order chi connectivity index (χ1) is 10.4. The number of rotatable bonds is 2. The van der Waals surface area contributed by atoms with E-state index in [0.717, 1.165) is 42.9 Å². The van der Waals surface area contributed by atoms with Gasteiger partial charge in [-0.05, 0) is 11.6 Å². The van der Waals surface area contributed by atoms with Crippen molar-refractivity contribution in [2.45, 2.75) is 6.42 Å². The number of ether oxygens (including phenoxy) is 3. The van der Waals surface area contributed by atoms with E-state index in [4.69, 9.17) is 14.2 Å². The number of methoxy groups -OCH3 is 1. The average Bonchev–Trinajstić information content (AvgIpc) is 2.92. The molecule has 0 atom stereocenters. The van der Waals surface area contributed by atoms with Gasteiger partial charge in [-0.15, -0.1) is 0 Å². The molecule has 0 saturated carbocycles. The minimum Gasteiger partial charge on any atom is -0.726 e. The highest BCUT2D eigenvalue weighted by Crippen LogP contribution is 2.44. The number of fused-ring (bicyclic) bond motifs is 2. The zero-order valence-electron chi connectivity index (χ0n) is 12.5. The van der Waals surface area contributed by atoms with E-state index in [-0.39, 0.29) is 6.79 Å². The molecule has 2 heterocycles. The Morgan fingerprint density at radius 3 is 2.59 bits per heavy atom. The van der Waals surface area contributed by atoms with E-state index >= 15 is 0 Å². The molecule has 0 aromatic heterocycles. The van der Waals surface area contributed by atoms with Gasteiger partial charge in [0.05, 0.1) is 19.8 Å². The van der Waals surface area contributed by atoms with Gasteiger partial charge in [-0.3, -0.25) is 4.18 Å². The summed E-state index contributed by atoms with van der Waals surface area (Å²) in [7, 11) is 0.125. The fourth-order valence-corrected chi connectivity index (χ4v) is 2.21. The molecule has 0 radical (unpaired) electrons. The van der Waals surface area contributed by atoms with Crippen molar-refractivity contribution in [1.29, 1.82) is 0 Å². The Hall–Kier alpha value is -1.84. The maximum atomic E-state index is 9.22. The molecule has 122 valence electrons. The van der Waals surface area contributed by atoms with Gasteiger partial charge in [-0.25, -0.2) is 13.0 Å². The van der Waals surface area contributed by atoms with Gasteiger partial charge >= 0.3 is 0 Å². The van der Waals surface area contributed by atoms with Crippen molar-refractivity contribution in [3.8, 4) is 17.2 Å². The van der Waals surface area contributed by atoms with E-state index < -0.39 is 10.4 Å². The Bertz CT molecular complexity index is 697. The van der Waals surface area contributed by atoms with E-state index in [1.807, 2.05) is 0 Å². The molecular formula is C13H17NO7S. The molecule has 0 spiro atoms. The van der Waals surface area contributed by atoms with Crippen molar-refractivity contribution in [2.24, 2.45) is 0 Å². The Kier molecular flexibility index (Phi) is 4.89. The third kappa shape index (κ3) is 3.67. The molecule has 2 aliphatic heterocycles. The maximum absolute atomic E-state index is 9.22. The van der Waals surface area contributed by atoms with Gasteiger partial charge in [0, 0.05) is 6.42 Å². The largest absolute Gasteiger partial charge is 0.726 e. The number of hydrogen-bond donors (Lipinski definition) is 0. The summed E-state index contributed by atoms with van der Waals surface area (Å²) in [6.45, 7) is 1.31. The van der Waals surface area contributed by atoms with Gasteiger partial charge in [-0.2, -0.15) is 0 Å². The van der Waals surface area contributed by atoms with Crippen LogP contribution in [0.5, 0.6) is 17.2 Å². The van der Waals surface area contributed by atoms with Crippen LogP contribution >= 0.6 is 0 Å². The summed E-state index contributed by atoms with van der Waals surface area (Å²) in [6, 6.07) is 2.06. The summed E-state index contributed by atoms with van der Waals surface area (Å²) in [6.07, 6.45) is 3.11. The summed E-state index contributed by atoms with van der Waals surface area (Å²) in [4.78, 5) is 0. The lowest BCUT2D eigenvalue weighted by molar-refractivity contribution is -0.493. The normalized spacial score (nSPS) is 15.4. The number of benzene rings is 1. The maximum Gasteiger partial charge on any atom is 0.231 e. The predicted molar refractivity (Wildman–Crippen MR) is 75.7 cm³/mol. The average molecular weight is 331 g/mol. The molecule has 0 N–H and O–H groups in total. The van der Waals surface area contributed by atoms with Crippen LogP contribution in [0.3, 0.4) is 0 Å². The van der Waals surface area contributed by atoms with Crippen molar-refractivity contribution in [3.63, 3.8) is 0 Å². The molecular weight excluding hydrogens is 314 g/mol. The second kappa shape index (κ2) is 6.51. The van der Waals surface area contributed by atoms with Crippen LogP contribution in [0.1, 0.15) is 11.1 Å². The van der Waals surface area contributed by atoms with E-state index in [0.29, 0.717) is 0 Å². The zero-order valence-corrected chi connectivity index (χ0v) is 13.3. The lowest BCUT2D eigenvalue weighted by Gasteiger charge is -2.15. The zero-order chi connectivity index (χ0) is 16.3. The van der Waals surface area contributed by atoms with Crippen LogP contribution in [0.15, 0.2) is 6.07 Å². The molecule has 0 bridgehead atoms. The van der Waals surface area contributed by atoms with Gasteiger partial charge in [0.25, 0.3) is 0 Å². The Morgan fingerprint density at radius 2 is 2.00 bits per heavy atom. The van der Waals surface area contributed by atoms with Crippen LogP contribution in [-0.2, 0) is 21.0 Å². The molecule has 0 fully saturated rings. The summed E-state index contributed by atoms with van der Waals surface area (Å²) in [5.41, 5.74) is 2.37. The van der Waals surface area contributed by atoms with E-state index in [1.54, 1.807) is 7.11 Å². The molecule has 3 rings (SSSR count). The van der Waals surface area contributed by atoms with Gasteiger partial charge in [0.1, 0.15) is 13.6 Å². The topological polar surface area (TPSA) is 97.1 Å². The lowest BCUT2D eigenvalue weighted by Crippen LogP contribution is -2.19. The fraction of sp³-hybridized carbons (Fsp3) is 0.462. The lowest BCUT2D eigenvalue weighted by atomic mass is 10.0. The SMILES string of the molecule is COS(=O)(=O)[O-].COc1c2c(cc3c1OCO3)CC[N+](C)=C2. The van der Waals surface area contributed by atoms with Crippen molar-refractivity contribution in [1.82, 2.24) is 0 Å².